The number of nitrogens with zero attached hydrogens (tertiary/aromatic N) is 4. The van der Waals surface area contributed by atoms with Crippen LogP contribution in [-0.2, 0) is 10.0 Å². The maximum absolute atomic E-state index is 11.9. The van der Waals surface area contributed by atoms with Crippen molar-refractivity contribution in [3.8, 4) is 0 Å². The minimum Gasteiger partial charge on any atom is -0.369 e. The van der Waals surface area contributed by atoms with Crippen LogP contribution in [0.1, 0.15) is 5.76 Å². The highest BCUT2D eigenvalue weighted by Gasteiger charge is 2.14. The Morgan fingerprint density at radius 1 is 1.04 bits per heavy atom. The molecule has 144 valence electrons. The first-order valence-electron chi connectivity index (χ1n) is 8.01. The predicted molar refractivity (Wildman–Crippen MR) is 105 cm³/mol. The van der Waals surface area contributed by atoms with Crippen molar-refractivity contribution in [1.29, 1.82) is 0 Å². The molecule has 0 bridgehead atoms. The van der Waals surface area contributed by atoms with Crippen LogP contribution in [0.25, 0.3) is 0 Å². The zero-order chi connectivity index (χ0) is 20.1. The van der Waals surface area contributed by atoms with Gasteiger partial charge in [-0.1, -0.05) is 23.4 Å². The van der Waals surface area contributed by atoms with Gasteiger partial charge in [0.25, 0.3) is 10.0 Å². The number of aryl methyl sites for hydroxylation is 1. The van der Waals surface area contributed by atoms with E-state index in [1.54, 1.807) is 6.92 Å². The molecule has 1 aromatic heterocycles. The van der Waals surface area contributed by atoms with Crippen molar-refractivity contribution in [1.82, 2.24) is 5.16 Å². The maximum atomic E-state index is 11.9. The van der Waals surface area contributed by atoms with Crippen LogP contribution < -0.4 is 16.8 Å². The van der Waals surface area contributed by atoms with Crippen molar-refractivity contribution in [3.63, 3.8) is 0 Å². The van der Waals surface area contributed by atoms with Gasteiger partial charge in [0.2, 0.25) is 11.8 Å². The highest BCUT2D eigenvalue weighted by molar-refractivity contribution is 7.90. The summed E-state index contributed by atoms with van der Waals surface area (Å²) in [5, 5.41) is 15.3. The van der Waals surface area contributed by atoms with Crippen LogP contribution in [0.3, 0.4) is 0 Å². The third kappa shape index (κ3) is 4.51. The van der Waals surface area contributed by atoms with Gasteiger partial charge >= 0.3 is 0 Å². The number of aromatic nitrogens is 1. The van der Waals surface area contributed by atoms with E-state index in [0.717, 1.165) is 5.69 Å². The Hall–Kier alpha value is -3.73. The summed E-state index contributed by atoms with van der Waals surface area (Å²) in [6.07, 6.45) is 0. The first-order chi connectivity index (χ1) is 13.3. The van der Waals surface area contributed by atoms with Crippen molar-refractivity contribution < 1.29 is 12.9 Å². The molecule has 11 heteroatoms. The molecule has 0 saturated heterocycles. The molecule has 0 atom stereocenters. The van der Waals surface area contributed by atoms with Crippen LogP contribution >= 0.6 is 0 Å². The highest BCUT2D eigenvalue weighted by Crippen LogP contribution is 2.32. The Kier molecular flexibility index (Phi) is 5.36. The number of hydrogen-bond donors (Lipinski definition) is 3. The second-order valence-corrected chi connectivity index (χ2v) is 7.22. The molecule has 10 nitrogen and oxygen atoms in total. The van der Waals surface area contributed by atoms with Gasteiger partial charge in [-0.25, -0.2) is 0 Å². The van der Waals surface area contributed by atoms with Gasteiger partial charge in [0.15, 0.2) is 11.4 Å². The molecule has 0 unspecified atom stereocenters. The molecule has 0 radical (unpaired) electrons. The van der Waals surface area contributed by atoms with Gasteiger partial charge in [0.05, 0.1) is 10.6 Å². The Balaban J connectivity index is 1.81. The first-order valence-corrected chi connectivity index (χ1v) is 9.45. The SMILES string of the molecule is Cc1onc(Nc2ccccc2)c1N=Nc1ccc(S(=O)(=O)N=C(N)N)cc1. The van der Waals surface area contributed by atoms with Gasteiger partial charge < -0.3 is 21.3 Å². The maximum Gasteiger partial charge on any atom is 0.285 e. The van der Waals surface area contributed by atoms with Gasteiger partial charge in [-0.05, 0) is 43.3 Å². The summed E-state index contributed by atoms with van der Waals surface area (Å²) < 4.78 is 32.3. The number of hydrogen-bond acceptors (Lipinski definition) is 7. The Morgan fingerprint density at radius 2 is 1.71 bits per heavy atom. The molecule has 3 rings (SSSR count). The molecule has 0 aliphatic rings. The molecular formula is C17H17N7O3S. The number of azo groups is 1. The average Bonchev–Trinajstić information content (AvgIpc) is 3.00. The Bertz CT molecular complexity index is 1120. The lowest BCUT2D eigenvalue weighted by molar-refractivity contribution is 0.400. The summed E-state index contributed by atoms with van der Waals surface area (Å²) in [6.45, 7) is 1.71. The number of benzene rings is 2. The van der Waals surface area contributed by atoms with Crippen molar-refractivity contribution >= 4 is 38.9 Å². The van der Waals surface area contributed by atoms with Gasteiger partial charge in [0, 0.05) is 5.69 Å². The van der Waals surface area contributed by atoms with E-state index < -0.39 is 16.0 Å². The van der Waals surface area contributed by atoms with Crippen molar-refractivity contribution in [3.05, 3.63) is 60.4 Å². The number of para-hydroxylation sites is 1. The molecule has 0 spiro atoms. The number of anilines is 2. The van der Waals surface area contributed by atoms with Crippen LogP contribution in [0.15, 0.2) is 78.6 Å². The van der Waals surface area contributed by atoms with Crippen molar-refractivity contribution in [2.45, 2.75) is 11.8 Å². The summed E-state index contributed by atoms with van der Waals surface area (Å²) >= 11 is 0. The molecule has 0 saturated carbocycles. The van der Waals surface area contributed by atoms with Crippen LogP contribution in [0, 0.1) is 6.92 Å². The third-order valence-electron chi connectivity index (χ3n) is 3.49. The molecule has 3 aromatic rings. The van der Waals surface area contributed by atoms with E-state index in [-0.39, 0.29) is 4.90 Å². The standard InChI is InChI=1S/C17H17N7O3S/c1-11-15(16(23-27-11)20-12-5-3-2-4-6-12)22-21-13-7-9-14(10-8-13)28(25,26)24-17(18)19/h2-10H,1H3,(H,20,23)(H4,18,19,24). The van der Waals surface area contributed by atoms with Crippen LogP contribution in [0.5, 0.6) is 0 Å². The van der Waals surface area contributed by atoms with Crippen molar-refractivity contribution in [2.24, 2.45) is 26.1 Å². The number of nitrogens with one attached hydrogen (secondary N) is 1. The van der Waals surface area contributed by atoms with Gasteiger partial charge in [-0.3, -0.25) is 0 Å². The zero-order valence-corrected chi connectivity index (χ0v) is 15.6. The molecule has 0 aliphatic heterocycles. The zero-order valence-electron chi connectivity index (χ0n) is 14.8. The third-order valence-corrected chi connectivity index (χ3v) is 4.81. The molecule has 0 aliphatic carbocycles. The van der Waals surface area contributed by atoms with Gasteiger partial charge in [0.1, 0.15) is 0 Å². The van der Waals surface area contributed by atoms with E-state index in [1.165, 1.54) is 24.3 Å². The van der Waals surface area contributed by atoms with Crippen LogP contribution in [-0.4, -0.2) is 19.5 Å². The van der Waals surface area contributed by atoms with E-state index in [2.05, 4.69) is 25.1 Å². The minimum absolute atomic E-state index is 0.0626. The molecule has 28 heavy (non-hydrogen) atoms. The Morgan fingerprint density at radius 3 is 2.36 bits per heavy atom. The quantitative estimate of drug-likeness (QED) is 0.326. The predicted octanol–water partition coefficient (Wildman–Crippen LogP) is 3.10. The van der Waals surface area contributed by atoms with Crippen LogP contribution in [0.4, 0.5) is 22.9 Å². The summed E-state index contributed by atoms with van der Waals surface area (Å²) in [5.41, 5.74) is 11.9. The van der Waals surface area contributed by atoms with Gasteiger partial charge in [-0.2, -0.15) is 13.5 Å². The molecule has 0 fully saturated rings. The minimum atomic E-state index is -3.95. The molecule has 5 N–H and O–H groups in total. The Labute approximate surface area is 161 Å². The topological polar surface area (TPSA) is 161 Å². The van der Waals surface area contributed by atoms with Crippen molar-refractivity contribution in [2.75, 3.05) is 5.32 Å². The number of rotatable bonds is 6. The monoisotopic (exact) mass is 399 g/mol. The van der Waals surface area contributed by atoms with E-state index in [0.29, 0.717) is 23.0 Å². The van der Waals surface area contributed by atoms with Crippen LogP contribution in [0.2, 0.25) is 0 Å². The first kappa shape index (κ1) is 19.0. The second-order valence-electron chi connectivity index (χ2n) is 5.61. The lowest BCUT2D eigenvalue weighted by atomic mass is 10.3. The number of guanidine groups is 1. The van der Waals surface area contributed by atoms with E-state index >= 15 is 0 Å². The molecule has 2 aromatic carbocycles. The highest BCUT2D eigenvalue weighted by atomic mass is 32.2. The lowest BCUT2D eigenvalue weighted by Crippen LogP contribution is -2.24. The normalized spacial score (nSPS) is 11.5. The van der Waals surface area contributed by atoms with E-state index in [4.69, 9.17) is 16.0 Å². The summed E-state index contributed by atoms with van der Waals surface area (Å²) in [6, 6.07) is 15.0. The second kappa shape index (κ2) is 7.88. The summed E-state index contributed by atoms with van der Waals surface area (Å²) in [5.74, 6) is 0.360. The largest absolute Gasteiger partial charge is 0.369 e. The number of nitrogens with two attached hydrogens (primary N) is 2. The van der Waals surface area contributed by atoms with Gasteiger partial charge in [-0.15, -0.1) is 9.51 Å². The van der Waals surface area contributed by atoms with E-state index in [1.807, 2.05) is 30.3 Å². The summed E-state index contributed by atoms with van der Waals surface area (Å²) in [4.78, 5) is -0.0626. The lowest BCUT2D eigenvalue weighted by Gasteiger charge is -2.02. The number of sulfonamides is 1. The average molecular weight is 399 g/mol. The summed E-state index contributed by atoms with van der Waals surface area (Å²) in [7, 11) is -3.95. The van der Waals surface area contributed by atoms with E-state index in [9.17, 15) is 8.42 Å². The fourth-order valence-electron chi connectivity index (χ4n) is 2.21. The fraction of sp³-hybridized carbons (Fsp3) is 0.0588. The molecule has 0 amide bonds. The molecule has 1 heterocycles. The smallest absolute Gasteiger partial charge is 0.285 e. The molecular weight excluding hydrogens is 382 g/mol. The fourth-order valence-corrected chi connectivity index (χ4v) is 3.07.